The van der Waals surface area contributed by atoms with Gasteiger partial charge in [0.05, 0.1) is 12.2 Å². The third-order valence-electron chi connectivity index (χ3n) is 5.80. The molecule has 154 valence electrons. The van der Waals surface area contributed by atoms with Crippen molar-refractivity contribution in [2.45, 2.75) is 50.4 Å². The van der Waals surface area contributed by atoms with Crippen LogP contribution < -0.4 is 4.74 Å². The van der Waals surface area contributed by atoms with Gasteiger partial charge in [-0.2, -0.15) is 0 Å². The number of aliphatic hydroxyl groups excluding tert-OH is 2. The number of rotatable bonds is 10. The molecule has 0 amide bonds. The third kappa shape index (κ3) is 5.80. The minimum atomic E-state index is -0.796. The molecule has 6 atom stereocenters. The number of hydrogen-bond donors (Lipinski definition) is 3. The van der Waals surface area contributed by atoms with Crippen molar-refractivity contribution >= 4 is 5.97 Å². The lowest BCUT2D eigenvalue weighted by Crippen LogP contribution is -2.21. The van der Waals surface area contributed by atoms with Crippen molar-refractivity contribution in [3.8, 4) is 5.75 Å². The van der Waals surface area contributed by atoms with Crippen molar-refractivity contribution in [2.24, 2.45) is 17.8 Å². The van der Waals surface area contributed by atoms with Gasteiger partial charge in [-0.05, 0) is 49.7 Å². The number of aliphatic hydroxyl groups is 2. The Morgan fingerprint density at radius 2 is 2.00 bits per heavy atom. The van der Waals surface area contributed by atoms with E-state index in [0.29, 0.717) is 24.9 Å². The van der Waals surface area contributed by atoms with E-state index in [0.717, 1.165) is 25.0 Å². The van der Waals surface area contributed by atoms with Crippen LogP contribution in [0, 0.1) is 17.8 Å². The van der Waals surface area contributed by atoms with Crippen LogP contribution in [0.5, 0.6) is 5.75 Å². The molecule has 0 heterocycles. The Labute approximate surface area is 165 Å². The first kappa shape index (κ1) is 20.8. The molecule has 0 radical (unpaired) electrons. The van der Waals surface area contributed by atoms with Crippen LogP contribution in [-0.2, 0) is 9.53 Å². The number of fused-ring (bicyclic) bond motifs is 1. The van der Waals surface area contributed by atoms with Gasteiger partial charge in [-0.15, -0.1) is 0 Å². The van der Waals surface area contributed by atoms with Gasteiger partial charge in [-0.25, -0.2) is 0 Å². The average Bonchev–Trinajstić information content (AvgIpc) is 3.19. The summed E-state index contributed by atoms with van der Waals surface area (Å²) in [5.74, 6) is 0.707. The Bertz CT molecular complexity index is 646. The Kier molecular flexibility index (Phi) is 7.48. The quantitative estimate of drug-likeness (QED) is 0.420. The summed E-state index contributed by atoms with van der Waals surface area (Å²) in [6.45, 7) is 0.641. The number of ether oxygens (including phenoxy) is 2. The van der Waals surface area contributed by atoms with Gasteiger partial charge in [0, 0.05) is 18.9 Å². The summed E-state index contributed by atoms with van der Waals surface area (Å²) in [5.41, 5.74) is 0. The van der Waals surface area contributed by atoms with Crippen molar-refractivity contribution in [2.75, 3.05) is 13.2 Å². The lowest BCUT2D eigenvalue weighted by atomic mass is 9.90. The second kappa shape index (κ2) is 10.0. The largest absolute Gasteiger partial charge is 0.491 e. The molecule has 1 aromatic carbocycles. The molecule has 0 saturated heterocycles. The molecular weight excluding hydrogens is 360 g/mol. The van der Waals surface area contributed by atoms with E-state index in [-0.39, 0.29) is 31.2 Å². The summed E-state index contributed by atoms with van der Waals surface area (Å²) in [6, 6.07) is 9.36. The lowest BCUT2D eigenvalue weighted by molar-refractivity contribution is -0.137. The normalized spacial score (nSPS) is 30.4. The van der Waals surface area contributed by atoms with Gasteiger partial charge in [0.2, 0.25) is 0 Å². The molecule has 0 spiro atoms. The maximum atomic E-state index is 10.6. The van der Waals surface area contributed by atoms with Crippen molar-refractivity contribution in [1.82, 2.24) is 0 Å². The average molecular weight is 390 g/mol. The van der Waals surface area contributed by atoms with Crippen molar-refractivity contribution in [1.29, 1.82) is 0 Å². The molecular formula is C22H30O6. The van der Waals surface area contributed by atoms with Crippen molar-refractivity contribution in [3.63, 3.8) is 0 Å². The summed E-state index contributed by atoms with van der Waals surface area (Å²) in [6.07, 6.45) is 5.88. The zero-order chi connectivity index (χ0) is 19.9. The number of benzene rings is 1. The van der Waals surface area contributed by atoms with Gasteiger partial charge in [-0.3, -0.25) is 4.79 Å². The second-order valence-corrected chi connectivity index (χ2v) is 7.84. The fraction of sp³-hybridized carbons (Fsp3) is 0.591. The van der Waals surface area contributed by atoms with Gasteiger partial charge >= 0.3 is 5.97 Å². The van der Waals surface area contributed by atoms with Gasteiger partial charge in [0.15, 0.2) is 0 Å². The zero-order valence-corrected chi connectivity index (χ0v) is 16.0. The van der Waals surface area contributed by atoms with E-state index in [4.69, 9.17) is 14.6 Å². The molecule has 3 N–H and O–H groups in total. The SMILES string of the molecule is O=C(O)CCCOC1C[C@H]2C[C@@H](O)[C@H](C=CC(O)COc3ccccc3)[C@@H]2C1. The third-order valence-corrected chi connectivity index (χ3v) is 5.80. The number of aliphatic carboxylic acids is 1. The number of carbonyl (C=O) groups is 1. The highest BCUT2D eigenvalue weighted by Crippen LogP contribution is 2.49. The van der Waals surface area contributed by atoms with Crippen LogP contribution in [0.1, 0.15) is 32.1 Å². The Balaban J connectivity index is 1.44. The van der Waals surface area contributed by atoms with E-state index in [1.165, 1.54) is 0 Å². The van der Waals surface area contributed by atoms with E-state index >= 15 is 0 Å². The highest BCUT2D eigenvalue weighted by atomic mass is 16.5. The highest BCUT2D eigenvalue weighted by molar-refractivity contribution is 5.66. The van der Waals surface area contributed by atoms with Crippen LogP contribution in [0.25, 0.3) is 0 Å². The maximum absolute atomic E-state index is 10.6. The summed E-state index contributed by atoms with van der Waals surface area (Å²) in [5, 5.41) is 29.3. The van der Waals surface area contributed by atoms with Gasteiger partial charge in [0.25, 0.3) is 0 Å². The van der Waals surface area contributed by atoms with Gasteiger partial charge in [0.1, 0.15) is 18.5 Å². The number of carboxylic acid groups (broad SMARTS) is 1. The van der Waals surface area contributed by atoms with E-state index in [1.54, 1.807) is 6.08 Å². The monoisotopic (exact) mass is 390 g/mol. The Hall–Kier alpha value is -1.89. The minimum Gasteiger partial charge on any atom is -0.491 e. The van der Waals surface area contributed by atoms with E-state index in [9.17, 15) is 15.0 Å². The first-order chi connectivity index (χ1) is 13.5. The summed E-state index contributed by atoms with van der Waals surface area (Å²) in [7, 11) is 0. The first-order valence-corrected chi connectivity index (χ1v) is 10.1. The molecule has 1 aromatic rings. The molecule has 6 nitrogen and oxygen atoms in total. The van der Waals surface area contributed by atoms with E-state index in [2.05, 4.69) is 0 Å². The Morgan fingerprint density at radius 1 is 1.21 bits per heavy atom. The summed E-state index contributed by atoms with van der Waals surface area (Å²) < 4.78 is 11.4. The number of para-hydroxylation sites is 1. The first-order valence-electron chi connectivity index (χ1n) is 10.1. The molecule has 28 heavy (non-hydrogen) atoms. The van der Waals surface area contributed by atoms with Crippen molar-refractivity contribution < 1.29 is 29.6 Å². The van der Waals surface area contributed by atoms with Crippen LogP contribution in [0.3, 0.4) is 0 Å². The van der Waals surface area contributed by atoms with E-state index < -0.39 is 12.1 Å². The molecule has 2 unspecified atom stereocenters. The predicted molar refractivity (Wildman–Crippen MR) is 104 cm³/mol. The fourth-order valence-corrected chi connectivity index (χ4v) is 4.49. The molecule has 3 rings (SSSR count). The second-order valence-electron chi connectivity index (χ2n) is 7.84. The molecule has 2 aliphatic rings. The molecule has 0 aliphatic heterocycles. The van der Waals surface area contributed by atoms with Crippen LogP contribution >= 0.6 is 0 Å². The molecule has 2 fully saturated rings. The predicted octanol–water partition coefficient (Wildman–Crippen LogP) is 2.64. The smallest absolute Gasteiger partial charge is 0.303 e. The van der Waals surface area contributed by atoms with Crippen molar-refractivity contribution in [3.05, 3.63) is 42.5 Å². The lowest BCUT2D eigenvalue weighted by Gasteiger charge is -2.19. The maximum Gasteiger partial charge on any atom is 0.303 e. The summed E-state index contributed by atoms with van der Waals surface area (Å²) in [4.78, 5) is 10.6. The van der Waals surface area contributed by atoms with Gasteiger partial charge < -0.3 is 24.8 Å². The van der Waals surface area contributed by atoms with E-state index in [1.807, 2.05) is 36.4 Å². The molecule has 2 saturated carbocycles. The number of carboxylic acids is 1. The van der Waals surface area contributed by atoms with Crippen LogP contribution in [0.4, 0.5) is 0 Å². The zero-order valence-electron chi connectivity index (χ0n) is 16.0. The summed E-state index contributed by atoms with van der Waals surface area (Å²) >= 11 is 0. The topological polar surface area (TPSA) is 96.2 Å². The molecule has 6 heteroatoms. The molecule has 2 aliphatic carbocycles. The Morgan fingerprint density at radius 3 is 2.75 bits per heavy atom. The standard InChI is InChI=1S/C22H30O6/c23-16(14-28-17-5-2-1-3-6-17)8-9-19-20-13-18(11-15(20)12-21(19)24)27-10-4-7-22(25)26/h1-3,5-6,8-9,15-16,18-21,23-24H,4,7,10-14H2,(H,25,26)/t15-,16?,18?,19+,20+,21+/m0/s1. The minimum absolute atomic E-state index is 0.0176. The highest BCUT2D eigenvalue weighted by Gasteiger charge is 2.47. The molecule has 0 aromatic heterocycles. The fourth-order valence-electron chi connectivity index (χ4n) is 4.49. The number of hydrogen-bond acceptors (Lipinski definition) is 5. The van der Waals surface area contributed by atoms with Gasteiger partial charge in [-0.1, -0.05) is 30.4 Å². The van der Waals surface area contributed by atoms with Crippen LogP contribution in [0.2, 0.25) is 0 Å². The van der Waals surface area contributed by atoms with Crippen LogP contribution in [-0.4, -0.2) is 52.8 Å². The van der Waals surface area contributed by atoms with Crippen LogP contribution in [0.15, 0.2) is 42.5 Å². The molecule has 0 bridgehead atoms.